The second kappa shape index (κ2) is 10.7. The first kappa shape index (κ1) is 24.1. The fourth-order valence-electron chi connectivity index (χ4n) is 2.35. The van der Waals surface area contributed by atoms with Crippen molar-refractivity contribution in [3.05, 3.63) is 51.7 Å². The van der Waals surface area contributed by atoms with E-state index in [9.17, 15) is 19.2 Å². The molecule has 8 nitrogen and oxygen atoms in total. The van der Waals surface area contributed by atoms with Crippen LogP contribution in [0.1, 0.15) is 52.6 Å². The Morgan fingerprint density at radius 3 is 2.45 bits per heavy atom. The number of hydrogen-bond donors (Lipinski definition) is 2. The molecule has 0 spiro atoms. The average Bonchev–Trinajstić information content (AvgIpc) is 3.18. The topological polar surface area (TPSA) is 111 Å². The minimum absolute atomic E-state index is 0.0811. The van der Waals surface area contributed by atoms with Gasteiger partial charge < -0.3 is 14.8 Å². The number of thiophene rings is 1. The van der Waals surface area contributed by atoms with Crippen LogP contribution in [-0.4, -0.2) is 37.0 Å². The maximum Gasteiger partial charge on any atom is 0.411 e. The van der Waals surface area contributed by atoms with Gasteiger partial charge in [-0.25, -0.2) is 9.59 Å². The third kappa shape index (κ3) is 7.53. The Kier molecular flexibility index (Phi) is 8.32. The maximum absolute atomic E-state index is 12.3. The van der Waals surface area contributed by atoms with Crippen molar-refractivity contribution in [2.45, 2.75) is 34.2 Å². The van der Waals surface area contributed by atoms with E-state index in [1.807, 2.05) is 20.8 Å². The van der Waals surface area contributed by atoms with Crippen molar-refractivity contribution in [2.75, 3.05) is 18.5 Å². The van der Waals surface area contributed by atoms with Crippen LogP contribution in [0.15, 0.2) is 36.4 Å². The fourth-order valence-corrected chi connectivity index (χ4v) is 3.22. The highest BCUT2D eigenvalue weighted by molar-refractivity contribution is 7.14. The third-order valence-corrected chi connectivity index (χ3v) is 5.12. The Hall–Kier alpha value is -3.20. The second-order valence-corrected chi connectivity index (χ2v) is 8.79. The molecule has 1 aromatic heterocycles. The van der Waals surface area contributed by atoms with Crippen LogP contribution in [0, 0.1) is 5.41 Å². The van der Waals surface area contributed by atoms with Gasteiger partial charge in [0.1, 0.15) is 0 Å². The van der Waals surface area contributed by atoms with Crippen LogP contribution in [0.25, 0.3) is 0 Å². The summed E-state index contributed by atoms with van der Waals surface area (Å²) in [7, 11) is 0. The first-order valence-corrected chi connectivity index (χ1v) is 10.5. The number of carbonyl (C=O) groups excluding carboxylic acids is 4. The quantitative estimate of drug-likeness (QED) is 0.468. The molecule has 0 atom stereocenters. The van der Waals surface area contributed by atoms with Crippen molar-refractivity contribution in [1.29, 1.82) is 0 Å². The van der Waals surface area contributed by atoms with Crippen LogP contribution in [-0.2, 0) is 20.8 Å². The zero-order valence-corrected chi connectivity index (χ0v) is 18.8. The summed E-state index contributed by atoms with van der Waals surface area (Å²) >= 11 is 1.24. The minimum atomic E-state index is -0.685. The Morgan fingerprint density at radius 1 is 1.03 bits per heavy atom. The lowest BCUT2D eigenvalue weighted by atomic mass is 9.96. The number of rotatable bonds is 8. The molecule has 166 valence electrons. The van der Waals surface area contributed by atoms with Crippen LogP contribution in [0.4, 0.5) is 10.5 Å². The number of Topliss-reactive ketones (excluding diaryl/α,β-unsaturated/α-hetero) is 1. The summed E-state index contributed by atoms with van der Waals surface area (Å²) in [5.41, 5.74) is 0.0750. The molecule has 31 heavy (non-hydrogen) atoms. The van der Waals surface area contributed by atoms with Crippen molar-refractivity contribution in [1.82, 2.24) is 5.32 Å². The van der Waals surface area contributed by atoms with Crippen molar-refractivity contribution < 1.29 is 28.7 Å². The molecule has 0 saturated carbocycles. The number of anilines is 1. The van der Waals surface area contributed by atoms with Gasteiger partial charge in [-0.05, 0) is 37.3 Å². The predicted octanol–water partition coefficient (Wildman–Crippen LogP) is 4.02. The van der Waals surface area contributed by atoms with Crippen LogP contribution < -0.4 is 10.6 Å². The molecule has 0 bridgehead atoms. The van der Waals surface area contributed by atoms with E-state index >= 15 is 0 Å². The van der Waals surface area contributed by atoms with Gasteiger partial charge in [0.15, 0.2) is 6.61 Å². The van der Waals surface area contributed by atoms with Gasteiger partial charge in [-0.1, -0.05) is 26.8 Å². The smallest absolute Gasteiger partial charge is 0.411 e. The Bertz CT molecular complexity index is 961. The van der Waals surface area contributed by atoms with Gasteiger partial charge in [0.2, 0.25) is 11.7 Å². The van der Waals surface area contributed by atoms with E-state index < -0.39 is 24.1 Å². The number of carbonyl (C=O) groups is 4. The summed E-state index contributed by atoms with van der Waals surface area (Å²) in [6.07, 6.45) is -0.629. The monoisotopic (exact) mass is 446 g/mol. The van der Waals surface area contributed by atoms with E-state index in [0.29, 0.717) is 17.1 Å². The lowest BCUT2D eigenvalue weighted by Gasteiger charge is -2.17. The molecule has 2 aromatic rings. The largest absolute Gasteiger partial charge is 0.454 e. The molecule has 0 aliphatic carbocycles. The lowest BCUT2D eigenvalue weighted by molar-refractivity contribution is -0.128. The van der Waals surface area contributed by atoms with Gasteiger partial charge in [0, 0.05) is 16.0 Å². The van der Waals surface area contributed by atoms with Crippen LogP contribution in [0.2, 0.25) is 0 Å². The molecular formula is C22H26N2O6S. The van der Waals surface area contributed by atoms with Gasteiger partial charge in [0.25, 0.3) is 0 Å². The third-order valence-electron chi connectivity index (χ3n) is 4.00. The molecule has 0 aliphatic heterocycles. The van der Waals surface area contributed by atoms with Crippen LogP contribution >= 0.6 is 11.3 Å². The SMILES string of the molecule is CCOC(=O)Nc1cccc(C(=O)OCC(=O)c2ccc(CNC(=O)C(C)(C)C)s2)c1. The summed E-state index contributed by atoms with van der Waals surface area (Å²) in [5, 5.41) is 5.32. The Balaban J connectivity index is 1.88. The minimum Gasteiger partial charge on any atom is -0.454 e. The molecule has 0 aliphatic rings. The molecule has 0 saturated heterocycles. The molecule has 2 amide bonds. The molecule has 1 aromatic carbocycles. The molecule has 1 heterocycles. The average molecular weight is 447 g/mol. The number of amides is 2. The summed E-state index contributed by atoms with van der Waals surface area (Å²) in [6, 6.07) is 9.54. The van der Waals surface area contributed by atoms with Crippen LogP contribution in [0.3, 0.4) is 0 Å². The zero-order chi connectivity index (χ0) is 23.0. The number of ketones is 1. The number of esters is 1. The first-order chi connectivity index (χ1) is 14.6. The Labute approximate surface area is 184 Å². The lowest BCUT2D eigenvalue weighted by Crippen LogP contribution is -2.34. The van der Waals surface area contributed by atoms with E-state index in [1.54, 1.807) is 31.2 Å². The van der Waals surface area contributed by atoms with Gasteiger partial charge in [-0.2, -0.15) is 0 Å². The highest BCUT2D eigenvalue weighted by atomic mass is 32.1. The van der Waals surface area contributed by atoms with E-state index in [1.165, 1.54) is 23.5 Å². The van der Waals surface area contributed by atoms with E-state index in [0.717, 1.165) is 4.88 Å². The van der Waals surface area contributed by atoms with Crippen molar-refractivity contribution in [3.63, 3.8) is 0 Å². The zero-order valence-electron chi connectivity index (χ0n) is 17.9. The summed E-state index contributed by atoms with van der Waals surface area (Å²) in [5.74, 6) is -1.11. The number of ether oxygens (including phenoxy) is 2. The van der Waals surface area contributed by atoms with Gasteiger partial charge in [0.05, 0.1) is 23.6 Å². The maximum atomic E-state index is 12.3. The number of nitrogens with one attached hydrogen (secondary N) is 2. The van der Waals surface area contributed by atoms with Crippen LogP contribution in [0.5, 0.6) is 0 Å². The van der Waals surface area contributed by atoms with Crippen molar-refractivity contribution in [3.8, 4) is 0 Å². The highest BCUT2D eigenvalue weighted by Crippen LogP contribution is 2.19. The Morgan fingerprint density at radius 2 is 1.77 bits per heavy atom. The second-order valence-electron chi connectivity index (χ2n) is 7.62. The van der Waals surface area contributed by atoms with Gasteiger partial charge in [-0.3, -0.25) is 14.9 Å². The number of benzene rings is 1. The molecule has 0 fully saturated rings. The van der Waals surface area contributed by atoms with Crippen molar-refractivity contribution in [2.24, 2.45) is 5.41 Å². The molecule has 0 radical (unpaired) electrons. The standard InChI is InChI=1S/C22H26N2O6S/c1-5-29-21(28)24-15-8-6-7-14(11-15)19(26)30-13-17(25)18-10-9-16(31-18)12-23-20(27)22(2,3)4/h6-11H,5,12-13H2,1-4H3,(H,23,27)(H,24,28). The molecular weight excluding hydrogens is 420 g/mol. The summed E-state index contributed by atoms with van der Waals surface area (Å²) in [4.78, 5) is 49.3. The number of hydrogen-bond acceptors (Lipinski definition) is 7. The summed E-state index contributed by atoms with van der Waals surface area (Å²) in [6.45, 7) is 7.29. The van der Waals surface area contributed by atoms with E-state index in [2.05, 4.69) is 10.6 Å². The summed E-state index contributed by atoms with van der Waals surface area (Å²) < 4.78 is 9.90. The van der Waals surface area contributed by atoms with E-state index in [4.69, 9.17) is 9.47 Å². The molecule has 0 unspecified atom stereocenters. The first-order valence-electron chi connectivity index (χ1n) is 9.71. The van der Waals surface area contributed by atoms with Crippen molar-refractivity contribution >= 4 is 40.8 Å². The molecule has 9 heteroatoms. The van der Waals surface area contributed by atoms with Gasteiger partial charge in [-0.15, -0.1) is 11.3 Å². The fraction of sp³-hybridized carbons (Fsp3) is 0.364. The molecule has 2 N–H and O–H groups in total. The predicted molar refractivity (Wildman–Crippen MR) is 117 cm³/mol. The molecule has 2 rings (SSSR count). The van der Waals surface area contributed by atoms with Gasteiger partial charge >= 0.3 is 12.1 Å². The highest BCUT2D eigenvalue weighted by Gasteiger charge is 2.21. The van der Waals surface area contributed by atoms with E-state index in [-0.39, 0.29) is 23.9 Å². The normalized spacial score (nSPS) is 10.8.